The second-order valence-electron chi connectivity index (χ2n) is 3.94. The Kier molecular flexibility index (Phi) is 5.07. The van der Waals surface area contributed by atoms with Crippen LogP contribution in [0.5, 0.6) is 0 Å². The van der Waals surface area contributed by atoms with Crippen molar-refractivity contribution in [3.63, 3.8) is 0 Å². The molecule has 0 aromatic heterocycles. The molecule has 2 aromatic rings. The molecule has 19 heavy (non-hydrogen) atoms. The third-order valence-electron chi connectivity index (χ3n) is 2.61. The lowest BCUT2D eigenvalue weighted by Crippen LogP contribution is -2.05. The minimum atomic E-state index is -0.0106. The highest BCUT2D eigenvalue weighted by Gasteiger charge is 2.14. The van der Waals surface area contributed by atoms with Gasteiger partial charge in [-0.25, -0.2) is 0 Å². The minimum absolute atomic E-state index is 0.0106. The molecule has 0 unspecified atom stereocenters. The summed E-state index contributed by atoms with van der Waals surface area (Å²) in [6, 6.07) is 10.7. The largest absolute Gasteiger partial charge is 0.294 e. The Balaban J connectivity index is 2.28. The van der Waals surface area contributed by atoms with Crippen molar-refractivity contribution in [2.24, 2.45) is 0 Å². The van der Waals surface area contributed by atoms with Gasteiger partial charge in [-0.1, -0.05) is 67.2 Å². The highest BCUT2D eigenvalue weighted by Crippen LogP contribution is 2.28. The molecule has 0 saturated heterocycles. The van der Waals surface area contributed by atoms with E-state index in [1.165, 1.54) is 0 Å². The third kappa shape index (κ3) is 3.60. The van der Waals surface area contributed by atoms with Crippen molar-refractivity contribution in [1.82, 2.24) is 0 Å². The highest BCUT2D eigenvalue weighted by atomic mass is 79.9. The molecule has 0 radical (unpaired) electrons. The molecule has 0 bridgehead atoms. The summed E-state index contributed by atoms with van der Waals surface area (Å²) in [5, 5.41) is 0.896. The number of ketones is 1. The van der Waals surface area contributed by atoms with Crippen molar-refractivity contribution >= 4 is 60.8 Å². The molecule has 0 N–H and O–H groups in total. The molecule has 0 atom stereocenters. The molecule has 0 fully saturated rings. The van der Waals surface area contributed by atoms with Crippen molar-refractivity contribution in [2.45, 2.75) is 6.42 Å². The van der Waals surface area contributed by atoms with Gasteiger partial charge in [-0.05, 0) is 29.8 Å². The first-order chi connectivity index (χ1) is 8.99. The van der Waals surface area contributed by atoms with E-state index in [4.69, 9.17) is 23.2 Å². The van der Waals surface area contributed by atoms with Crippen molar-refractivity contribution in [3.05, 3.63) is 66.5 Å². The summed E-state index contributed by atoms with van der Waals surface area (Å²) in [7, 11) is 0. The summed E-state index contributed by atoms with van der Waals surface area (Å²) in [6.07, 6.45) is 0.222. The predicted molar refractivity (Wildman–Crippen MR) is 86.3 cm³/mol. The van der Waals surface area contributed by atoms with Gasteiger partial charge in [-0.3, -0.25) is 4.79 Å². The Labute approximate surface area is 138 Å². The maximum absolute atomic E-state index is 12.3. The smallest absolute Gasteiger partial charge is 0.168 e. The van der Waals surface area contributed by atoms with E-state index in [0.29, 0.717) is 15.6 Å². The predicted octanol–water partition coefficient (Wildman–Crippen LogP) is 5.94. The molecular formula is C14H8Br2Cl2O. The Hall–Kier alpha value is -0.350. The molecule has 98 valence electrons. The lowest BCUT2D eigenvalue weighted by Gasteiger charge is -2.07. The fraction of sp³-hybridized carbons (Fsp3) is 0.0714. The van der Waals surface area contributed by atoms with Gasteiger partial charge in [0.1, 0.15) is 0 Å². The summed E-state index contributed by atoms with van der Waals surface area (Å²) < 4.78 is 1.67. The van der Waals surface area contributed by atoms with Gasteiger partial charge < -0.3 is 0 Å². The van der Waals surface area contributed by atoms with Crippen molar-refractivity contribution < 1.29 is 4.79 Å². The van der Waals surface area contributed by atoms with E-state index in [1.807, 2.05) is 12.1 Å². The van der Waals surface area contributed by atoms with E-state index in [9.17, 15) is 4.79 Å². The van der Waals surface area contributed by atoms with Crippen molar-refractivity contribution in [2.75, 3.05) is 0 Å². The summed E-state index contributed by atoms with van der Waals surface area (Å²) >= 11 is 18.8. The van der Waals surface area contributed by atoms with Crippen LogP contribution >= 0.6 is 55.1 Å². The van der Waals surface area contributed by atoms with Crippen LogP contribution < -0.4 is 0 Å². The minimum Gasteiger partial charge on any atom is -0.294 e. The van der Waals surface area contributed by atoms with Crippen LogP contribution in [0.4, 0.5) is 0 Å². The summed E-state index contributed by atoms with van der Waals surface area (Å²) in [5.74, 6) is -0.0106. The maximum Gasteiger partial charge on any atom is 0.168 e. The first kappa shape index (κ1) is 15.0. The first-order valence-corrected chi connectivity index (χ1v) is 7.74. The molecule has 0 aliphatic carbocycles. The van der Waals surface area contributed by atoms with E-state index in [-0.39, 0.29) is 12.2 Å². The summed E-state index contributed by atoms with van der Waals surface area (Å²) in [5.41, 5.74) is 1.35. The molecule has 0 aliphatic rings. The summed E-state index contributed by atoms with van der Waals surface area (Å²) in [4.78, 5) is 12.3. The molecule has 2 rings (SSSR count). The number of Topliss-reactive ketones (excluding diaryl/α,β-unsaturated/α-hetero) is 1. The van der Waals surface area contributed by atoms with Crippen LogP contribution in [0.25, 0.3) is 0 Å². The van der Waals surface area contributed by atoms with E-state index in [2.05, 4.69) is 31.9 Å². The monoisotopic (exact) mass is 420 g/mol. The number of hydrogen-bond acceptors (Lipinski definition) is 1. The van der Waals surface area contributed by atoms with Gasteiger partial charge in [0.15, 0.2) is 5.78 Å². The van der Waals surface area contributed by atoms with Gasteiger partial charge in [-0.2, -0.15) is 0 Å². The second kappa shape index (κ2) is 6.40. The first-order valence-electron chi connectivity index (χ1n) is 5.40. The maximum atomic E-state index is 12.3. The fourth-order valence-electron chi connectivity index (χ4n) is 1.67. The van der Waals surface area contributed by atoms with Gasteiger partial charge in [0.05, 0.1) is 10.0 Å². The number of benzene rings is 2. The van der Waals surface area contributed by atoms with E-state index in [1.54, 1.807) is 24.3 Å². The lowest BCUT2D eigenvalue weighted by molar-refractivity contribution is 0.0992. The standard InChI is InChI=1S/C14H8Br2Cl2O/c15-9-4-5-10(11(16)7-9)13(19)6-8-2-1-3-12(17)14(8)18/h1-5,7H,6H2. The van der Waals surface area contributed by atoms with Crippen LogP contribution in [-0.4, -0.2) is 5.78 Å². The van der Waals surface area contributed by atoms with Gasteiger partial charge >= 0.3 is 0 Å². The number of carbonyl (C=O) groups is 1. The Bertz CT molecular complexity index is 641. The zero-order valence-corrected chi connectivity index (χ0v) is 14.3. The molecule has 0 saturated carbocycles. The molecule has 0 amide bonds. The quantitative estimate of drug-likeness (QED) is 0.559. The molecule has 5 heteroatoms. The van der Waals surface area contributed by atoms with E-state index >= 15 is 0 Å². The van der Waals surface area contributed by atoms with Crippen LogP contribution in [0.1, 0.15) is 15.9 Å². The SMILES string of the molecule is O=C(Cc1cccc(Cl)c1Cl)c1ccc(Br)cc1Br. The Morgan fingerprint density at radius 2 is 1.84 bits per heavy atom. The Morgan fingerprint density at radius 3 is 2.53 bits per heavy atom. The van der Waals surface area contributed by atoms with Crippen molar-refractivity contribution in [3.8, 4) is 0 Å². The molecule has 0 spiro atoms. The normalized spacial score (nSPS) is 10.5. The van der Waals surface area contributed by atoms with Gasteiger partial charge in [-0.15, -0.1) is 0 Å². The molecular weight excluding hydrogens is 415 g/mol. The van der Waals surface area contributed by atoms with Crippen LogP contribution in [0.3, 0.4) is 0 Å². The number of carbonyl (C=O) groups excluding carboxylic acids is 1. The topological polar surface area (TPSA) is 17.1 Å². The number of halogens is 4. The zero-order chi connectivity index (χ0) is 14.0. The average Bonchev–Trinajstić information content (AvgIpc) is 2.34. The highest BCUT2D eigenvalue weighted by molar-refractivity contribution is 9.11. The zero-order valence-electron chi connectivity index (χ0n) is 9.59. The van der Waals surface area contributed by atoms with E-state index in [0.717, 1.165) is 14.5 Å². The van der Waals surface area contributed by atoms with Crippen LogP contribution in [0.15, 0.2) is 45.3 Å². The third-order valence-corrected chi connectivity index (χ3v) is 4.62. The number of rotatable bonds is 3. The summed E-state index contributed by atoms with van der Waals surface area (Å²) in [6.45, 7) is 0. The lowest BCUT2D eigenvalue weighted by atomic mass is 10.0. The molecule has 0 aliphatic heterocycles. The van der Waals surface area contributed by atoms with Gasteiger partial charge in [0, 0.05) is 20.9 Å². The van der Waals surface area contributed by atoms with Crippen LogP contribution in [0, 0.1) is 0 Å². The van der Waals surface area contributed by atoms with Crippen molar-refractivity contribution in [1.29, 1.82) is 0 Å². The second-order valence-corrected chi connectivity index (χ2v) is 6.49. The number of hydrogen-bond donors (Lipinski definition) is 0. The van der Waals surface area contributed by atoms with E-state index < -0.39 is 0 Å². The van der Waals surface area contributed by atoms with Gasteiger partial charge in [0.25, 0.3) is 0 Å². The Morgan fingerprint density at radius 1 is 1.11 bits per heavy atom. The molecule has 0 heterocycles. The van der Waals surface area contributed by atoms with Crippen LogP contribution in [0.2, 0.25) is 10.0 Å². The van der Waals surface area contributed by atoms with Gasteiger partial charge in [0.2, 0.25) is 0 Å². The fourth-order valence-corrected chi connectivity index (χ4v) is 3.32. The average molecular weight is 423 g/mol. The molecule has 2 aromatic carbocycles. The van der Waals surface area contributed by atoms with Crippen LogP contribution in [-0.2, 0) is 6.42 Å². The molecule has 1 nitrogen and oxygen atoms in total.